The number of hydrogen-bond acceptors (Lipinski definition) is 3. The fourth-order valence-corrected chi connectivity index (χ4v) is 3.10. The van der Waals surface area contributed by atoms with Gasteiger partial charge in [0.2, 0.25) is 0 Å². The summed E-state index contributed by atoms with van der Waals surface area (Å²) in [7, 11) is 0. The van der Waals surface area contributed by atoms with Crippen LogP contribution >= 0.6 is 15.9 Å². The van der Waals surface area contributed by atoms with Crippen molar-refractivity contribution in [3.05, 3.63) is 28.2 Å². The highest BCUT2D eigenvalue weighted by Gasteiger charge is 2.21. The summed E-state index contributed by atoms with van der Waals surface area (Å²) in [5.74, 6) is 0. The average molecular weight is 327 g/mol. The van der Waals surface area contributed by atoms with E-state index < -0.39 is 0 Å². The second-order valence-electron chi connectivity index (χ2n) is 5.28. The minimum Gasteiger partial charge on any atom is -0.377 e. The molecule has 0 spiro atoms. The molecule has 106 valence electrons. The van der Waals surface area contributed by atoms with E-state index in [1.54, 1.807) is 0 Å². The second-order valence-corrected chi connectivity index (χ2v) is 6.13. The predicted octanol–water partition coefficient (Wildman–Crippen LogP) is 2.95. The van der Waals surface area contributed by atoms with Gasteiger partial charge in [0.1, 0.15) is 0 Å². The quantitative estimate of drug-likeness (QED) is 0.924. The van der Waals surface area contributed by atoms with E-state index >= 15 is 0 Å². The molecule has 1 fully saturated rings. The molecule has 0 saturated carbocycles. The average Bonchev–Trinajstić information content (AvgIpc) is 2.40. The van der Waals surface area contributed by atoms with Crippen LogP contribution in [0.2, 0.25) is 0 Å². The van der Waals surface area contributed by atoms with E-state index in [9.17, 15) is 0 Å². The summed E-state index contributed by atoms with van der Waals surface area (Å²) < 4.78 is 6.65. The largest absolute Gasteiger partial charge is 0.377 e. The Morgan fingerprint density at radius 3 is 2.95 bits per heavy atom. The highest BCUT2D eigenvalue weighted by Crippen LogP contribution is 2.30. The molecule has 0 aliphatic carbocycles. The monoisotopic (exact) mass is 326 g/mol. The van der Waals surface area contributed by atoms with E-state index in [1.807, 2.05) is 0 Å². The number of nitrogens with zero attached hydrogens (tertiary/aromatic N) is 1. The lowest BCUT2D eigenvalue weighted by molar-refractivity contribution is 0.0989. The normalized spacial score (nSPS) is 21.5. The van der Waals surface area contributed by atoms with Crippen molar-refractivity contribution < 1.29 is 4.74 Å². The number of rotatable bonds is 4. The molecule has 19 heavy (non-hydrogen) atoms. The molecule has 2 N–H and O–H groups in total. The first-order valence-electron chi connectivity index (χ1n) is 7.00. The number of morpholine rings is 1. The lowest BCUT2D eigenvalue weighted by Crippen LogP contribution is -2.43. The lowest BCUT2D eigenvalue weighted by atomic mass is 10.0. The van der Waals surface area contributed by atoms with Gasteiger partial charge in [-0.15, -0.1) is 0 Å². The Balaban J connectivity index is 2.14. The van der Waals surface area contributed by atoms with Crippen LogP contribution in [0, 0.1) is 0 Å². The Labute approximate surface area is 124 Å². The molecule has 0 amide bonds. The number of halogens is 1. The molecule has 0 radical (unpaired) electrons. The van der Waals surface area contributed by atoms with Crippen molar-refractivity contribution in [3.63, 3.8) is 0 Å². The summed E-state index contributed by atoms with van der Waals surface area (Å²) >= 11 is 3.70. The van der Waals surface area contributed by atoms with E-state index in [0.29, 0.717) is 6.04 Å². The molecule has 2 rings (SSSR count). The topological polar surface area (TPSA) is 38.5 Å². The van der Waals surface area contributed by atoms with Gasteiger partial charge in [-0.2, -0.15) is 0 Å². The lowest BCUT2D eigenvalue weighted by Gasteiger charge is -2.36. The first-order valence-corrected chi connectivity index (χ1v) is 7.79. The molecule has 3 nitrogen and oxygen atoms in total. The third-order valence-electron chi connectivity index (χ3n) is 3.71. The van der Waals surface area contributed by atoms with Crippen molar-refractivity contribution in [1.29, 1.82) is 0 Å². The maximum absolute atomic E-state index is 6.02. The van der Waals surface area contributed by atoms with E-state index in [-0.39, 0.29) is 6.04 Å². The molecule has 0 aromatic heterocycles. The van der Waals surface area contributed by atoms with Gasteiger partial charge in [-0.25, -0.2) is 0 Å². The minimum atomic E-state index is 0.250. The highest BCUT2D eigenvalue weighted by atomic mass is 79.9. The van der Waals surface area contributed by atoms with Crippen molar-refractivity contribution >= 4 is 21.6 Å². The van der Waals surface area contributed by atoms with Crippen LogP contribution in [0.15, 0.2) is 22.7 Å². The number of hydrogen-bond donors (Lipinski definition) is 1. The first-order chi connectivity index (χ1) is 9.11. The van der Waals surface area contributed by atoms with E-state index in [2.05, 4.69) is 52.9 Å². The van der Waals surface area contributed by atoms with Gasteiger partial charge < -0.3 is 15.4 Å². The van der Waals surface area contributed by atoms with Crippen LogP contribution in [0.25, 0.3) is 0 Å². The maximum atomic E-state index is 6.02. The Kier molecular flexibility index (Phi) is 5.25. The zero-order valence-corrected chi connectivity index (χ0v) is 13.3. The molecule has 1 saturated heterocycles. The third kappa shape index (κ3) is 3.71. The maximum Gasteiger partial charge on any atom is 0.0668 e. The summed E-state index contributed by atoms with van der Waals surface area (Å²) in [6.07, 6.45) is 1.95. The molecule has 1 heterocycles. The van der Waals surface area contributed by atoms with Crippen LogP contribution in [0.4, 0.5) is 5.69 Å². The van der Waals surface area contributed by atoms with E-state index in [0.717, 1.165) is 37.1 Å². The Morgan fingerprint density at radius 2 is 2.32 bits per heavy atom. The predicted molar refractivity (Wildman–Crippen MR) is 83.7 cm³/mol. The molecular weight excluding hydrogens is 304 g/mol. The fraction of sp³-hybridized carbons (Fsp3) is 0.600. The third-order valence-corrected chi connectivity index (χ3v) is 4.35. The van der Waals surface area contributed by atoms with Gasteiger partial charge in [0.05, 0.1) is 18.9 Å². The van der Waals surface area contributed by atoms with Gasteiger partial charge >= 0.3 is 0 Å². The Morgan fingerprint density at radius 1 is 1.53 bits per heavy atom. The van der Waals surface area contributed by atoms with Crippen LogP contribution < -0.4 is 10.6 Å². The zero-order chi connectivity index (χ0) is 13.8. The summed E-state index contributed by atoms with van der Waals surface area (Å²) in [5, 5.41) is 0. The van der Waals surface area contributed by atoms with Crippen molar-refractivity contribution in [2.24, 2.45) is 5.73 Å². The highest BCUT2D eigenvalue weighted by molar-refractivity contribution is 9.10. The molecule has 1 aliphatic heterocycles. The molecule has 2 atom stereocenters. The van der Waals surface area contributed by atoms with Crippen LogP contribution in [0.3, 0.4) is 0 Å². The smallest absolute Gasteiger partial charge is 0.0668 e. The first kappa shape index (κ1) is 14.8. The van der Waals surface area contributed by atoms with Crippen molar-refractivity contribution in [2.75, 3.05) is 24.7 Å². The van der Waals surface area contributed by atoms with Crippen LogP contribution in [-0.2, 0) is 11.2 Å². The summed E-state index contributed by atoms with van der Waals surface area (Å²) in [4.78, 5) is 2.40. The van der Waals surface area contributed by atoms with Crippen LogP contribution in [0.5, 0.6) is 0 Å². The van der Waals surface area contributed by atoms with Gasteiger partial charge in [-0.3, -0.25) is 0 Å². The van der Waals surface area contributed by atoms with E-state index in [4.69, 9.17) is 10.5 Å². The standard InChI is InChI=1S/C15H23BrN2O/c1-3-13(17)8-12-4-5-15(14(16)9-12)18-6-7-19-10-11(18)2/h4-5,9,11,13H,3,6-8,10,17H2,1-2H3. The molecular formula is C15H23BrN2O. The Bertz CT molecular complexity index is 425. The summed E-state index contributed by atoms with van der Waals surface area (Å²) in [6, 6.07) is 7.27. The van der Waals surface area contributed by atoms with Gasteiger partial charge in [-0.05, 0) is 53.4 Å². The molecule has 4 heteroatoms. The molecule has 1 aliphatic rings. The number of ether oxygens (including phenoxy) is 1. The number of nitrogens with two attached hydrogens (primary N) is 1. The van der Waals surface area contributed by atoms with Gasteiger partial charge in [0.15, 0.2) is 0 Å². The van der Waals surface area contributed by atoms with Crippen molar-refractivity contribution in [1.82, 2.24) is 0 Å². The molecule has 0 bridgehead atoms. The van der Waals surface area contributed by atoms with Crippen LogP contribution in [-0.4, -0.2) is 31.8 Å². The molecule has 1 aromatic rings. The fourth-order valence-electron chi connectivity index (χ4n) is 2.44. The second kappa shape index (κ2) is 6.73. The van der Waals surface area contributed by atoms with Crippen molar-refractivity contribution in [3.8, 4) is 0 Å². The van der Waals surface area contributed by atoms with Gasteiger partial charge in [-0.1, -0.05) is 13.0 Å². The zero-order valence-electron chi connectivity index (χ0n) is 11.7. The SMILES string of the molecule is CCC(N)Cc1ccc(N2CCOCC2C)c(Br)c1. The Hall–Kier alpha value is -0.580. The number of anilines is 1. The minimum absolute atomic E-state index is 0.250. The summed E-state index contributed by atoms with van der Waals surface area (Å²) in [5.41, 5.74) is 8.57. The van der Waals surface area contributed by atoms with Gasteiger partial charge in [0, 0.05) is 23.1 Å². The number of benzene rings is 1. The van der Waals surface area contributed by atoms with E-state index in [1.165, 1.54) is 11.3 Å². The van der Waals surface area contributed by atoms with Gasteiger partial charge in [0.25, 0.3) is 0 Å². The summed E-state index contributed by atoms with van der Waals surface area (Å²) in [6.45, 7) is 6.89. The molecule has 2 unspecified atom stereocenters. The van der Waals surface area contributed by atoms with Crippen LogP contribution in [0.1, 0.15) is 25.8 Å². The molecule has 1 aromatic carbocycles. The van der Waals surface area contributed by atoms with Crippen molar-refractivity contribution in [2.45, 2.75) is 38.8 Å².